The van der Waals surface area contributed by atoms with Gasteiger partial charge in [0, 0.05) is 37.9 Å². The van der Waals surface area contributed by atoms with Crippen LogP contribution in [0.3, 0.4) is 0 Å². The number of rotatable bonds is 19. The van der Waals surface area contributed by atoms with Gasteiger partial charge in [-0.05, 0) is 115 Å². The number of hydrogen-bond acceptors (Lipinski definition) is 13. The minimum Gasteiger partial charge on any atom is -0.461 e. The fourth-order valence-electron chi connectivity index (χ4n) is 9.67. The third kappa shape index (κ3) is 14.3. The van der Waals surface area contributed by atoms with E-state index in [0.717, 1.165) is 44.5 Å². The third-order valence-electron chi connectivity index (χ3n) is 13.1. The van der Waals surface area contributed by atoms with Gasteiger partial charge in [0.05, 0.1) is 0 Å². The number of anilines is 2. The molecule has 2 aliphatic rings. The van der Waals surface area contributed by atoms with Gasteiger partial charge in [-0.15, -0.1) is 0 Å². The van der Waals surface area contributed by atoms with Crippen LogP contribution in [-0.2, 0) is 54.0 Å². The highest BCUT2D eigenvalue weighted by atomic mass is 16.7. The molecule has 0 saturated carbocycles. The predicted molar refractivity (Wildman–Crippen MR) is 284 cm³/mol. The van der Waals surface area contributed by atoms with Crippen molar-refractivity contribution in [3.63, 3.8) is 0 Å². The van der Waals surface area contributed by atoms with Crippen molar-refractivity contribution in [1.82, 2.24) is 16.0 Å². The van der Waals surface area contributed by atoms with Crippen LogP contribution in [0.4, 0.5) is 25.8 Å². The Labute approximate surface area is 442 Å². The van der Waals surface area contributed by atoms with Crippen molar-refractivity contribution >= 4 is 47.4 Å². The van der Waals surface area contributed by atoms with E-state index in [1.54, 1.807) is 62.4 Å². The molecule has 0 spiro atoms. The number of carbonyl (C=O) groups is 6. The zero-order valence-electron chi connectivity index (χ0n) is 44.2. The molecule has 5 aromatic rings. The van der Waals surface area contributed by atoms with Crippen LogP contribution in [0.1, 0.15) is 65.6 Å². The smallest absolute Gasteiger partial charge is 0.412 e. The summed E-state index contributed by atoms with van der Waals surface area (Å²) in [7, 11) is 2.62. The number of ether oxygens (including phenoxy) is 7. The highest BCUT2D eigenvalue weighted by Gasteiger charge is 2.52. The number of aryl methyl sites for hydroxylation is 4. The quantitative estimate of drug-likeness (QED) is 0.0389. The Kier molecular flexibility index (Phi) is 18.9. The molecule has 0 bridgehead atoms. The Morgan fingerprint density at radius 2 is 1.08 bits per heavy atom. The summed E-state index contributed by atoms with van der Waals surface area (Å²) in [4.78, 5) is 82.4. The van der Waals surface area contributed by atoms with E-state index >= 15 is 0 Å². The SMILES string of the molecule is CO[C@@H]1OC(COC(=O)C(C)NC(=O)C(Cc2ccccc2)NC(=O)C(NC(=O)OCC2c3ccccc3-c3ccccc32)C(C)C)[C@@H](OC)[C@H](OC(=O)Nc2cc(C)cc(C)c2)C1OC(=O)Nc1cc(C)cc(C)c1. The second-order valence-electron chi connectivity index (χ2n) is 19.5. The molecule has 76 heavy (non-hydrogen) atoms. The van der Waals surface area contributed by atoms with E-state index in [1.807, 2.05) is 94.4 Å². The molecule has 5 unspecified atom stereocenters. The Balaban J connectivity index is 1.01. The summed E-state index contributed by atoms with van der Waals surface area (Å²) >= 11 is 0. The standard InChI is InChI=1S/C58H67N5O13/c1-32(2)48(63-56(67)73-30-45-43-21-15-13-19-41(43)42-20-14-16-22-44(42)45)53(65)62-46(29-38-17-11-10-12-18-38)52(64)59-37(7)54(66)72-31-47-49(70-8)50(75-57(68)60-39-25-33(3)23-34(4)26-39)51(55(71-9)74-47)76-58(69)61-40-27-35(5)24-36(6)28-40/h10-28,32,37,45-51,55H,29-31H2,1-9H3,(H,59,64)(H,60,68)(H,61,69)(H,62,65)(H,63,67)/t37?,46?,47?,48?,49-,50+,51?,55-/m1/s1. The molecule has 8 atom stereocenters. The lowest BCUT2D eigenvalue weighted by molar-refractivity contribution is -0.295. The molecule has 5 N–H and O–H groups in total. The molecule has 0 aromatic heterocycles. The average Bonchev–Trinajstić information content (AvgIpc) is 3.70. The lowest BCUT2D eigenvalue weighted by Gasteiger charge is -2.43. The van der Waals surface area contributed by atoms with Crippen LogP contribution in [0.2, 0.25) is 0 Å². The summed E-state index contributed by atoms with van der Waals surface area (Å²) in [5, 5.41) is 13.6. The van der Waals surface area contributed by atoms with Gasteiger partial charge in [-0.3, -0.25) is 20.2 Å². The lowest BCUT2D eigenvalue weighted by atomic mass is 9.98. The van der Waals surface area contributed by atoms with Crippen LogP contribution < -0.4 is 26.6 Å². The van der Waals surface area contributed by atoms with Gasteiger partial charge in [-0.25, -0.2) is 19.2 Å². The number of benzene rings is 5. The molecule has 18 nitrogen and oxygen atoms in total. The monoisotopic (exact) mass is 1040 g/mol. The van der Waals surface area contributed by atoms with Crippen LogP contribution >= 0.6 is 0 Å². The molecule has 1 fully saturated rings. The number of nitrogens with one attached hydrogen (secondary N) is 5. The average molecular weight is 1040 g/mol. The molecule has 1 aliphatic heterocycles. The van der Waals surface area contributed by atoms with E-state index in [2.05, 4.69) is 26.6 Å². The predicted octanol–water partition coefficient (Wildman–Crippen LogP) is 8.18. The second-order valence-corrected chi connectivity index (χ2v) is 19.5. The van der Waals surface area contributed by atoms with E-state index in [-0.39, 0.29) is 18.9 Å². The van der Waals surface area contributed by atoms with Gasteiger partial charge in [-0.1, -0.05) is 105 Å². The molecule has 1 saturated heterocycles. The summed E-state index contributed by atoms with van der Waals surface area (Å²) in [6, 6.07) is 32.2. The third-order valence-corrected chi connectivity index (χ3v) is 13.1. The molecular formula is C58H67N5O13. The Bertz CT molecular complexity index is 2790. The van der Waals surface area contributed by atoms with Crippen molar-refractivity contribution in [2.45, 2.75) is 110 Å². The summed E-state index contributed by atoms with van der Waals surface area (Å²) in [5.74, 6) is -2.87. The summed E-state index contributed by atoms with van der Waals surface area (Å²) in [6.07, 6.45) is -9.13. The zero-order valence-corrected chi connectivity index (χ0v) is 44.2. The van der Waals surface area contributed by atoms with Gasteiger partial charge in [-0.2, -0.15) is 0 Å². The van der Waals surface area contributed by atoms with Crippen LogP contribution in [0.25, 0.3) is 11.1 Å². The summed E-state index contributed by atoms with van der Waals surface area (Å²) in [5.41, 5.74) is 9.43. The maximum Gasteiger partial charge on any atom is 0.412 e. The van der Waals surface area contributed by atoms with E-state index < -0.39 is 97.4 Å². The number of methoxy groups -OCH3 is 2. The Morgan fingerprint density at radius 3 is 1.61 bits per heavy atom. The fraction of sp³-hybridized carbons (Fsp3) is 0.379. The summed E-state index contributed by atoms with van der Waals surface area (Å²) in [6.45, 7) is 12.0. The van der Waals surface area contributed by atoms with Gasteiger partial charge in [0.1, 0.15) is 43.5 Å². The Hall–Kier alpha value is -7.80. The molecule has 18 heteroatoms. The number of carbonyl (C=O) groups excluding carboxylic acids is 6. The molecular weight excluding hydrogens is 975 g/mol. The van der Waals surface area contributed by atoms with Crippen molar-refractivity contribution < 1.29 is 61.9 Å². The van der Waals surface area contributed by atoms with Crippen molar-refractivity contribution in [2.75, 3.05) is 38.1 Å². The Morgan fingerprint density at radius 1 is 0.553 bits per heavy atom. The van der Waals surface area contributed by atoms with E-state index in [0.29, 0.717) is 16.9 Å². The zero-order chi connectivity index (χ0) is 54.6. The van der Waals surface area contributed by atoms with Crippen molar-refractivity contribution in [3.8, 4) is 11.1 Å². The second kappa shape index (κ2) is 25.6. The number of fused-ring (bicyclic) bond motifs is 3. The molecule has 7 rings (SSSR count). The van der Waals surface area contributed by atoms with Crippen LogP contribution in [0, 0.1) is 33.6 Å². The summed E-state index contributed by atoms with van der Waals surface area (Å²) < 4.78 is 41.0. The highest BCUT2D eigenvalue weighted by Crippen LogP contribution is 2.44. The van der Waals surface area contributed by atoms with Crippen LogP contribution in [0.5, 0.6) is 0 Å². The lowest BCUT2D eigenvalue weighted by Crippen LogP contribution is -2.63. The van der Waals surface area contributed by atoms with Gasteiger partial charge >= 0.3 is 24.2 Å². The first-order valence-electron chi connectivity index (χ1n) is 25.2. The molecule has 1 heterocycles. The van der Waals surface area contributed by atoms with Gasteiger partial charge < -0.3 is 49.1 Å². The first kappa shape index (κ1) is 55.9. The van der Waals surface area contributed by atoms with E-state index in [9.17, 15) is 28.8 Å². The first-order chi connectivity index (χ1) is 36.4. The van der Waals surface area contributed by atoms with E-state index in [4.69, 9.17) is 33.2 Å². The van der Waals surface area contributed by atoms with Crippen molar-refractivity contribution in [3.05, 3.63) is 154 Å². The highest BCUT2D eigenvalue weighted by molar-refractivity contribution is 5.93. The maximum absolute atomic E-state index is 14.1. The number of hydrogen-bond donors (Lipinski definition) is 5. The minimum atomic E-state index is -1.41. The number of amides is 5. The largest absolute Gasteiger partial charge is 0.461 e. The minimum absolute atomic E-state index is 0.0319. The van der Waals surface area contributed by atoms with Gasteiger partial charge in [0.15, 0.2) is 18.5 Å². The molecule has 0 radical (unpaired) electrons. The first-order valence-corrected chi connectivity index (χ1v) is 25.2. The fourth-order valence-corrected chi connectivity index (χ4v) is 9.67. The number of alkyl carbamates (subject to hydrolysis) is 1. The molecule has 5 aromatic carbocycles. The van der Waals surface area contributed by atoms with Gasteiger partial charge in [0.2, 0.25) is 11.8 Å². The molecule has 402 valence electrons. The van der Waals surface area contributed by atoms with Crippen LogP contribution in [-0.4, -0.2) is 112 Å². The van der Waals surface area contributed by atoms with E-state index in [1.165, 1.54) is 21.1 Å². The number of esters is 1. The topological polar surface area (TPSA) is 227 Å². The normalized spacial score (nSPS) is 18.9. The van der Waals surface area contributed by atoms with Gasteiger partial charge in [0.25, 0.3) is 0 Å². The molecule has 5 amide bonds. The van der Waals surface area contributed by atoms with Crippen LogP contribution in [0.15, 0.2) is 115 Å². The van der Waals surface area contributed by atoms with Crippen molar-refractivity contribution in [2.24, 2.45) is 5.92 Å². The maximum atomic E-state index is 14.1. The van der Waals surface area contributed by atoms with Crippen molar-refractivity contribution in [1.29, 1.82) is 0 Å². The molecule has 1 aliphatic carbocycles.